The highest BCUT2D eigenvalue weighted by molar-refractivity contribution is 5.66. The molecule has 0 aromatic rings. The van der Waals surface area contributed by atoms with E-state index in [1.54, 1.807) is 20.3 Å². The highest BCUT2D eigenvalue weighted by Gasteiger charge is 2.51. The molecule has 0 aromatic carbocycles. The van der Waals surface area contributed by atoms with Crippen molar-refractivity contribution in [2.24, 2.45) is 5.92 Å². The van der Waals surface area contributed by atoms with Gasteiger partial charge in [0.2, 0.25) is 0 Å². The molecular weight excluding hydrogens is 382 g/mol. The van der Waals surface area contributed by atoms with E-state index in [4.69, 9.17) is 24.2 Å². The van der Waals surface area contributed by atoms with E-state index in [1.807, 2.05) is 20.8 Å². The van der Waals surface area contributed by atoms with Gasteiger partial charge in [0.25, 0.3) is 0 Å². The average molecular weight is 422 g/mol. The Balaban J connectivity index is 2.86. The van der Waals surface area contributed by atoms with E-state index >= 15 is 0 Å². The second kappa shape index (κ2) is 12.2. The van der Waals surface area contributed by atoms with Crippen molar-refractivity contribution in [1.29, 1.82) is 5.26 Å². The van der Waals surface area contributed by atoms with Crippen LogP contribution in [0.1, 0.15) is 73.1 Å². The van der Waals surface area contributed by atoms with Crippen molar-refractivity contribution in [2.45, 2.75) is 90.6 Å². The maximum absolute atomic E-state index is 11.5. The van der Waals surface area contributed by atoms with E-state index in [1.165, 1.54) is 12.5 Å². The summed E-state index contributed by atoms with van der Waals surface area (Å²) in [5, 5.41) is 9.00. The summed E-state index contributed by atoms with van der Waals surface area (Å²) in [5.41, 5.74) is 1.51. The van der Waals surface area contributed by atoms with Crippen LogP contribution in [-0.2, 0) is 23.7 Å². The van der Waals surface area contributed by atoms with Crippen molar-refractivity contribution < 1.29 is 23.7 Å². The van der Waals surface area contributed by atoms with Crippen LogP contribution in [-0.4, -0.2) is 44.3 Å². The van der Waals surface area contributed by atoms with E-state index < -0.39 is 11.4 Å². The van der Waals surface area contributed by atoms with Gasteiger partial charge < -0.3 is 18.9 Å². The molecule has 0 saturated carbocycles. The van der Waals surface area contributed by atoms with Crippen molar-refractivity contribution in [3.05, 3.63) is 23.3 Å². The van der Waals surface area contributed by atoms with Gasteiger partial charge in [-0.2, -0.15) is 5.26 Å². The highest BCUT2D eigenvalue weighted by atomic mass is 16.7. The summed E-state index contributed by atoms with van der Waals surface area (Å²) in [6, 6.07) is 2.09. The number of nitrogens with zero attached hydrogens (tertiary/aromatic N) is 1. The first-order valence-electron chi connectivity index (χ1n) is 10.8. The molecule has 0 aliphatic carbocycles. The Bertz CT molecular complexity index is 655. The number of hydrogen-bond donors (Lipinski definition) is 0. The number of rotatable bonds is 10. The lowest BCUT2D eigenvalue weighted by atomic mass is 9.84. The topological polar surface area (TPSA) is 77.8 Å². The Morgan fingerprint density at radius 3 is 2.50 bits per heavy atom. The van der Waals surface area contributed by atoms with Gasteiger partial charge in [0.15, 0.2) is 5.79 Å². The lowest BCUT2D eigenvalue weighted by Gasteiger charge is -2.45. The molecule has 1 rings (SSSR count). The van der Waals surface area contributed by atoms with Crippen LogP contribution in [0.3, 0.4) is 0 Å². The third-order valence-electron chi connectivity index (χ3n) is 6.11. The SMILES string of the molecule is COC1(OC)CCC(=CC#N)CO[C@@]1(C)CCCC(C)C(CC=C(C)C)OC(C)=O. The summed E-state index contributed by atoms with van der Waals surface area (Å²) in [6.45, 7) is 10.1. The fourth-order valence-electron chi connectivity index (χ4n) is 4.12. The van der Waals surface area contributed by atoms with Gasteiger partial charge in [-0.3, -0.25) is 4.79 Å². The molecule has 1 aliphatic rings. The van der Waals surface area contributed by atoms with E-state index in [0.717, 1.165) is 31.3 Å². The van der Waals surface area contributed by atoms with E-state index in [-0.39, 0.29) is 18.0 Å². The minimum Gasteiger partial charge on any atom is -0.462 e. The molecule has 0 spiro atoms. The zero-order valence-corrected chi connectivity index (χ0v) is 19.7. The molecule has 1 heterocycles. The van der Waals surface area contributed by atoms with Crippen LogP contribution in [0.25, 0.3) is 0 Å². The third kappa shape index (κ3) is 7.23. The van der Waals surface area contributed by atoms with Crippen molar-refractivity contribution >= 4 is 5.97 Å². The number of carbonyl (C=O) groups excluding carboxylic acids is 1. The monoisotopic (exact) mass is 421 g/mol. The van der Waals surface area contributed by atoms with Crippen LogP contribution in [0.15, 0.2) is 23.3 Å². The number of hydrogen-bond acceptors (Lipinski definition) is 6. The number of ether oxygens (including phenoxy) is 4. The van der Waals surface area contributed by atoms with Gasteiger partial charge in [-0.1, -0.05) is 18.6 Å². The number of nitriles is 1. The van der Waals surface area contributed by atoms with Crippen LogP contribution in [0, 0.1) is 17.2 Å². The fourth-order valence-corrected chi connectivity index (χ4v) is 4.12. The van der Waals surface area contributed by atoms with Crippen molar-refractivity contribution in [2.75, 3.05) is 20.8 Å². The fraction of sp³-hybridized carbons (Fsp3) is 0.750. The van der Waals surface area contributed by atoms with E-state index in [2.05, 4.69) is 19.1 Å². The highest BCUT2D eigenvalue weighted by Crippen LogP contribution is 2.42. The summed E-state index contributed by atoms with van der Waals surface area (Å²) in [6.07, 6.45) is 8.05. The molecule has 0 radical (unpaired) electrons. The first kappa shape index (κ1) is 26.4. The number of methoxy groups -OCH3 is 2. The maximum atomic E-state index is 11.5. The molecule has 0 N–H and O–H groups in total. The molecule has 0 bridgehead atoms. The summed E-state index contributed by atoms with van der Waals surface area (Å²) < 4.78 is 23.5. The third-order valence-corrected chi connectivity index (χ3v) is 6.11. The van der Waals surface area contributed by atoms with Crippen LogP contribution in [0.2, 0.25) is 0 Å². The quantitative estimate of drug-likeness (QED) is 0.212. The summed E-state index contributed by atoms with van der Waals surface area (Å²) >= 11 is 0. The first-order valence-corrected chi connectivity index (χ1v) is 10.8. The molecule has 0 aromatic heterocycles. The summed E-state index contributed by atoms with van der Waals surface area (Å²) in [5.74, 6) is -0.909. The largest absolute Gasteiger partial charge is 0.462 e. The van der Waals surface area contributed by atoms with Crippen molar-refractivity contribution in [3.63, 3.8) is 0 Å². The lowest BCUT2D eigenvalue weighted by molar-refractivity contribution is -0.307. The van der Waals surface area contributed by atoms with Crippen molar-refractivity contribution in [3.8, 4) is 6.07 Å². The van der Waals surface area contributed by atoms with Crippen LogP contribution >= 0.6 is 0 Å². The van der Waals surface area contributed by atoms with E-state index in [0.29, 0.717) is 19.4 Å². The Labute approximate surface area is 182 Å². The number of carbonyl (C=O) groups is 1. The lowest BCUT2D eigenvalue weighted by Crippen LogP contribution is -2.55. The number of esters is 1. The van der Waals surface area contributed by atoms with Gasteiger partial charge in [-0.15, -0.1) is 0 Å². The standard InChI is InChI=1S/C24H39NO5/c1-18(2)10-11-22(30-20(4)26)19(3)9-8-14-23(5)24(27-6,28-7)15-12-21(13-16-25)17-29-23/h10,13,19,22H,8-9,11-12,14-15,17H2,1-7H3/t19?,22?,23-/m0/s1. The minimum atomic E-state index is -0.876. The van der Waals surface area contributed by atoms with Gasteiger partial charge in [0.05, 0.1) is 12.7 Å². The van der Waals surface area contributed by atoms with Gasteiger partial charge in [0.1, 0.15) is 11.7 Å². The Kier molecular flexibility index (Phi) is 10.8. The van der Waals surface area contributed by atoms with E-state index in [9.17, 15) is 4.79 Å². The minimum absolute atomic E-state index is 0.139. The molecule has 0 amide bonds. The molecule has 1 saturated heterocycles. The smallest absolute Gasteiger partial charge is 0.302 e. The average Bonchev–Trinajstić information content (AvgIpc) is 2.82. The molecule has 6 nitrogen and oxygen atoms in total. The Hall–Kier alpha value is -1.68. The van der Waals surface area contributed by atoms with Crippen LogP contribution < -0.4 is 0 Å². The molecule has 2 unspecified atom stereocenters. The summed E-state index contributed by atoms with van der Waals surface area (Å²) in [4.78, 5) is 11.5. The maximum Gasteiger partial charge on any atom is 0.302 e. The van der Waals surface area contributed by atoms with Crippen molar-refractivity contribution in [1.82, 2.24) is 0 Å². The van der Waals surface area contributed by atoms with Gasteiger partial charge in [-0.05, 0) is 57.9 Å². The predicted molar refractivity (Wildman–Crippen MR) is 117 cm³/mol. The predicted octanol–water partition coefficient (Wildman–Crippen LogP) is 5.09. The number of allylic oxidation sites excluding steroid dienone is 2. The molecule has 1 fully saturated rings. The van der Waals surface area contributed by atoms with Gasteiger partial charge in [0, 0.05) is 40.1 Å². The molecule has 170 valence electrons. The van der Waals surface area contributed by atoms with Gasteiger partial charge in [-0.25, -0.2) is 0 Å². The Morgan fingerprint density at radius 2 is 1.97 bits per heavy atom. The first-order chi connectivity index (χ1) is 14.1. The van der Waals surface area contributed by atoms with Crippen LogP contribution in [0.5, 0.6) is 0 Å². The van der Waals surface area contributed by atoms with Crippen LogP contribution in [0.4, 0.5) is 0 Å². The molecule has 3 atom stereocenters. The molecular formula is C24H39NO5. The Morgan fingerprint density at radius 1 is 1.30 bits per heavy atom. The second-order valence-electron chi connectivity index (χ2n) is 8.65. The zero-order valence-electron chi connectivity index (χ0n) is 19.7. The zero-order chi connectivity index (χ0) is 22.8. The van der Waals surface area contributed by atoms with Gasteiger partial charge >= 0.3 is 5.97 Å². The molecule has 1 aliphatic heterocycles. The molecule has 30 heavy (non-hydrogen) atoms. The molecule has 6 heteroatoms. The second-order valence-corrected chi connectivity index (χ2v) is 8.65. The summed E-state index contributed by atoms with van der Waals surface area (Å²) in [7, 11) is 3.28. The normalized spacial score (nSPS) is 24.4.